The molecule has 0 unspecified atom stereocenters. The van der Waals surface area contributed by atoms with Crippen molar-refractivity contribution in [3.05, 3.63) is 69.8 Å². The van der Waals surface area contributed by atoms with Gasteiger partial charge >= 0.3 is 6.03 Å². The van der Waals surface area contributed by atoms with Crippen LogP contribution in [0.1, 0.15) is 5.56 Å². The SMILES string of the molecule is O=C1N/C(=C\c2ccccc2Cl)C(=O)N1c1cccc(Cl)c1. The number of carbonyl (C=O) groups excluding carboxylic acids is 2. The number of urea groups is 1. The van der Waals surface area contributed by atoms with Gasteiger partial charge in [0.2, 0.25) is 0 Å². The Morgan fingerprint density at radius 1 is 1.00 bits per heavy atom. The lowest BCUT2D eigenvalue weighted by Crippen LogP contribution is -2.30. The summed E-state index contributed by atoms with van der Waals surface area (Å²) in [4.78, 5) is 25.5. The predicted octanol–water partition coefficient (Wildman–Crippen LogP) is 4.09. The van der Waals surface area contributed by atoms with Crippen molar-refractivity contribution in [3.8, 4) is 0 Å². The van der Waals surface area contributed by atoms with Crippen LogP contribution in [-0.2, 0) is 4.79 Å². The van der Waals surface area contributed by atoms with Crippen molar-refractivity contribution in [1.29, 1.82) is 0 Å². The van der Waals surface area contributed by atoms with Gasteiger partial charge < -0.3 is 5.32 Å². The van der Waals surface area contributed by atoms with Gasteiger partial charge in [-0.3, -0.25) is 4.79 Å². The minimum Gasteiger partial charge on any atom is -0.302 e. The van der Waals surface area contributed by atoms with Crippen LogP contribution >= 0.6 is 23.2 Å². The van der Waals surface area contributed by atoms with E-state index in [0.29, 0.717) is 21.3 Å². The maximum atomic E-state index is 12.4. The summed E-state index contributed by atoms with van der Waals surface area (Å²) in [5, 5.41) is 3.49. The van der Waals surface area contributed by atoms with Crippen LogP contribution in [-0.4, -0.2) is 11.9 Å². The molecule has 4 nitrogen and oxygen atoms in total. The number of halogens is 2. The number of hydrogen-bond acceptors (Lipinski definition) is 2. The van der Waals surface area contributed by atoms with Gasteiger partial charge in [-0.25, -0.2) is 9.69 Å². The van der Waals surface area contributed by atoms with Crippen molar-refractivity contribution in [2.24, 2.45) is 0 Å². The summed E-state index contributed by atoms with van der Waals surface area (Å²) in [6.45, 7) is 0. The number of nitrogens with zero attached hydrogens (tertiary/aromatic N) is 1. The van der Waals surface area contributed by atoms with E-state index >= 15 is 0 Å². The van der Waals surface area contributed by atoms with Crippen molar-refractivity contribution in [2.75, 3.05) is 4.90 Å². The summed E-state index contributed by atoms with van der Waals surface area (Å²) in [6, 6.07) is 13.1. The Balaban J connectivity index is 1.97. The average molecular weight is 333 g/mol. The average Bonchev–Trinajstić information content (AvgIpc) is 2.76. The lowest BCUT2D eigenvalue weighted by molar-refractivity contribution is -0.113. The zero-order chi connectivity index (χ0) is 15.7. The molecular formula is C16H10Cl2N2O2. The molecule has 0 aromatic heterocycles. The van der Waals surface area contributed by atoms with Crippen LogP contribution in [0.25, 0.3) is 6.08 Å². The number of imide groups is 1. The van der Waals surface area contributed by atoms with Crippen molar-refractivity contribution in [1.82, 2.24) is 5.32 Å². The van der Waals surface area contributed by atoms with Gasteiger partial charge in [0.15, 0.2) is 0 Å². The second-order valence-corrected chi connectivity index (χ2v) is 5.47. The van der Waals surface area contributed by atoms with E-state index in [-0.39, 0.29) is 5.70 Å². The highest BCUT2D eigenvalue weighted by Crippen LogP contribution is 2.26. The Morgan fingerprint density at radius 3 is 2.50 bits per heavy atom. The standard InChI is InChI=1S/C16H10Cl2N2O2/c17-11-5-3-6-12(9-11)20-15(21)14(19-16(20)22)8-10-4-1-2-7-13(10)18/h1-9H,(H,19,22)/b14-8-. The molecule has 3 amide bonds. The fourth-order valence-electron chi connectivity index (χ4n) is 2.13. The van der Waals surface area contributed by atoms with Crippen LogP contribution in [0.2, 0.25) is 10.0 Å². The van der Waals surface area contributed by atoms with E-state index in [1.807, 2.05) is 0 Å². The summed E-state index contributed by atoms with van der Waals surface area (Å²) >= 11 is 12.0. The first-order valence-corrected chi connectivity index (χ1v) is 7.19. The van der Waals surface area contributed by atoms with Crippen LogP contribution in [0, 0.1) is 0 Å². The van der Waals surface area contributed by atoms with Gasteiger partial charge in [0.05, 0.1) is 5.69 Å². The van der Waals surface area contributed by atoms with Gasteiger partial charge in [-0.05, 0) is 35.9 Å². The van der Waals surface area contributed by atoms with E-state index < -0.39 is 11.9 Å². The van der Waals surface area contributed by atoms with Gasteiger partial charge in [0.1, 0.15) is 5.70 Å². The monoisotopic (exact) mass is 332 g/mol. The maximum Gasteiger partial charge on any atom is 0.333 e. The summed E-state index contributed by atoms with van der Waals surface area (Å²) in [5.41, 5.74) is 1.23. The molecule has 1 aliphatic rings. The molecule has 1 heterocycles. The number of amides is 3. The molecule has 0 atom stereocenters. The molecule has 0 aliphatic carbocycles. The molecule has 1 saturated heterocycles. The maximum absolute atomic E-state index is 12.4. The zero-order valence-corrected chi connectivity index (χ0v) is 12.7. The van der Waals surface area contributed by atoms with Gasteiger partial charge in [0.25, 0.3) is 5.91 Å². The second kappa shape index (κ2) is 5.83. The first-order valence-electron chi connectivity index (χ1n) is 6.43. The molecule has 0 spiro atoms. The molecule has 0 bridgehead atoms. The fourth-order valence-corrected chi connectivity index (χ4v) is 2.51. The molecule has 3 rings (SSSR count). The van der Waals surface area contributed by atoms with Crippen LogP contribution in [0.5, 0.6) is 0 Å². The van der Waals surface area contributed by atoms with Crippen LogP contribution in [0.15, 0.2) is 54.2 Å². The molecule has 2 aromatic carbocycles. The van der Waals surface area contributed by atoms with Crippen LogP contribution < -0.4 is 10.2 Å². The normalized spacial score (nSPS) is 16.3. The quantitative estimate of drug-likeness (QED) is 0.665. The lowest BCUT2D eigenvalue weighted by atomic mass is 10.2. The summed E-state index contributed by atoms with van der Waals surface area (Å²) in [6.07, 6.45) is 1.55. The topological polar surface area (TPSA) is 49.4 Å². The third kappa shape index (κ3) is 2.71. The molecule has 1 N–H and O–H groups in total. The zero-order valence-electron chi connectivity index (χ0n) is 11.2. The third-order valence-electron chi connectivity index (χ3n) is 3.15. The van der Waals surface area contributed by atoms with E-state index in [9.17, 15) is 9.59 Å². The molecule has 1 fully saturated rings. The molecular weight excluding hydrogens is 323 g/mol. The molecule has 22 heavy (non-hydrogen) atoms. The Bertz CT molecular complexity index is 802. The first-order chi connectivity index (χ1) is 10.6. The molecule has 0 radical (unpaired) electrons. The molecule has 0 saturated carbocycles. The third-order valence-corrected chi connectivity index (χ3v) is 3.73. The summed E-state index contributed by atoms with van der Waals surface area (Å²) < 4.78 is 0. The van der Waals surface area contributed by atoms with E-state index in [1.165, 1.54) is 0 Å². The largest absolute Gasteiger partial charge is 0.333 e. The number of nitrogens with one attached hydrogen (secondary N) is 1. The molecule has 1 aliphatic heterocycles. The smallest absolute Gasteiger partial charge is 0.302 e. The van der Waals surface area contributed by atoms with Gasteiger partial charge in [-0.15, -0.1) is 0 Å². The van der Waals surface area contributed by atoms with Crippen molar-refractivity contribution in [3.63, 3.8) is 0 Å². The van der Waals surface area contributed by atoms with Gasteiger partial charge in [0, 0.05) is 10.0 Å². The number of benzene rings is 2. The Hall–Kier alpha value is -2.30. The van der Waals surface area contributed by atoms with Gasteiger partial charge in [-0.2, -0.15) is 0 Å². The Labute approximate surface area is 136 Å². The van der Waals surface area contributed by atoms with E-state index in [0.717, 1.165) is 4.90 Å². The second-order valence-electron chi connectivity index (χ2n) is 4.63. The van der Waals surface area contributed by atoms with Crippen molar-refractivity contribution in [2.45, 2.75) is 0 Å². The fraction of sp³-hybridized carbons (Fsp3) is 0. The van der Waals surface area contributed by atoms with Crippen LogP contribution in [0.3, 0.4) is 0 Å². The first kappa shape index (κ1) is 14.6. The number of anilines is 1. The molecule has 2 aromatic rings. The van der Waals surface area contributed by atoms with Crippen molar-refractivity contribution >= 4 is 46.9 Å². The minimum absolute atomic E-state index is 0.165. The summed E-state index contributed by atoms with van der Waals surface area (Å²) in [7, 11) is 0. The highest BCUT2D eigenvalue weighted by molar-refractivity contribution is 6.33. The molecule has 6 heteroatoms. The summed E-state index contributed by atoms with van der Waals surface area (Å²) in [5.74, 6) is -0.452. The van der Waals surface area contributed by atoms with E-state index in [4.69, 9.17) is 23.2 Å². The van der Waals surface area contributed by atoms with E-state index in [1.54, 1.807) is 54.6 Å². The van der Waals surface area contributed by atoms with Crippen molar-refractivity contribution < 1.29 is 9.59 Å². The molecule has 110 valence electrons. The highest BCUT2D eigenvalue weighted by Gasteiger charge is 2.34. The highest BCUT2D eigenvalue weighted by atomic mass is 35.5. The van der Waals surface area contributed by atoms with Crippen LogP contribution in [0.4, 0.5) is 10.5 Å². The van der Waals surface area contributed by atoms with E-state index in [2.05, 4.69) is 5.32 Å². The lowest BCUT2D eigenvalue weighted by Gasteiger charge is -2.11. The number of hydrogen-bond donors (Lipinski definition) is 1. The Kier molecular flexibility index (Phi) is 3.88. The minimum atomic E-state index is -0.523. The predicted molar refractivity (Wildman–Crippen MR) is 86.9 cm³/mol. The number of rotatable bonds is 2. The Morgan fingerprint density at radius 2 is 1.77 bits per heavy atom. The number of carbonyl (C=O) groups is 2. The van der Waals surface area contributed by atoms with Gasteiger partial charge in [-0.1, -0.05) is 47.5 Å².